The molecule has 0 aromatic heterocycles. The van der Waals surface area contributed by atoms with Crippen molar-refractivity contribution in [3.63, 3.8) is 0 Å². The SMILES string of the molecule is CCCCCCCC/C=C\CCCCCCCCCC(=O)OC(COC(=O)CCCCCCC/C=C\CCCCCCCC)COC(=O)CCCCCCCCC/C=C\CCCCCCCCC. The Bertz CT molecular complexity index is 1140. The summed E-state index contributed by atoms with van der Waals surface area (Å²) in [6, 6.07) is 0. The van der Waals surface area contributed by atoms with Gasteiger partial charge in [-0.3, -0.25) is 14.4 Å². The fourth-order valence-electron chi connectivity index (χ4n) is 8.78. The van der Waals surface area contributed by atoms with Gasteiger partial charge in [-0.25, -0.2) is 0 Å². The van der Waals surface area contributed by atoms with Crippen LogP contribution in [0.5, 0.6) is 0 Å². The van der Waals surface area contributed by atoms with E-state index >= 15 is 0 Å². The van der Waals surface area contributed by atoms with Gasteiger partial charge in [-0.05, 0) is 96.3 Å². The molecule has 0 fully saturated rings. The van der Waals surface area contributed by atoms with E-state index in [-0.39, 0.29) is 31.1 Å². The van der Waals surface area contributed by atoms with Gasteiger partial charge in [-0.15, -0.1) is 0 Å². The Hall–Kier alpha value is -2.37. The number of rotatable bonds is 55. The van der Waals surface area contributed by atoms with Crippen LogP contribution in [0.2, 0.25) is 0 Å². The molecule has 68 heavy (non-hydrogen) atoms. The molecule has 398 valence electrons. The van der Waals surface area contributed by atoms with Crippen LogP contribution in [0.25, 0.3) is 0 Å². The van der Waals surface area contributed by atoms with Gasteiger partial charge < -0.3 is 14.2 Å². The molecule has 0 rings (SSSR count). The highest BCUT2D eigenvalue weighted by molar-refractivity contribution is 5.71. The zero-order valence-corrected chi connectivity index (χ0v) is 45.6. The fraction of sp³-hybridized carbons (Fsp3) is 0.855. The zero-order valence-electron chi connectivity index (χ0n) is 45.6. The zero-order chi connectivity index (χ0) is 49.3. The van der Waals surface area contributed by atoms with Crippen LogP contribution in [-0.4, -0.2) is 37.2 Å². The molecule has 6 heteroatoms. The Balaban J connectivity index is 4.36. The molecule has 0 aliphatic heterocycles. The first-order chi connectivity index (χ1) is 33.5. The molecule has 0 N–H and O–H groups in total. The molecule has 0 heterocycles. The van der Waals surface area contributed by atoms with Crippen molar-refractivity contribution in [2.24, 2.45) is 0 Å². The molecular formula is C62H114O6. The second-order valence-corrected chi connectivity index (χ2v) is 20.2. The largest absolute Gasteiger partial charge is 0.462 e. The molecule has 0 bridgehead atoms. The molecular weight excluding hydrogens is 841 g/mol. The highest BCUT2D eigenvalue weighted by atomic mass is 16.6. The van der Waals surface area contributed by atoms with Crippen molar-refractivity contribution in [1.82, 2.24) is 0 Å². The molecule has 0 amide bonds. The van der Waals surface area contributed by atoms with E-state index in [4.69, 9.17) is 14.2 Å². The molecule has 0 aliphatic carbocycles. The average molecular weight is 956 g/mol. The molecule has 6 nitrogen and oxygen atoms in total. The summed E-state index contributed by atoms with van der Waals surface area (Å²) in [4.78, 5) is 38.2. The van der Waals surface area contributed by atoms with Crippen LogP contribution in [-0.2, 0) is 28.6 Å². The third kappa shape index (κ3) is 54.6. The fourth-order valence-corrected chi connectivity index (χ4v) is 8.78. The summed E-state index contributed by atoms with van der Waals surface area (Å²) >= 11 is 0. The highest BCUT2D eigenvalue weighted by Gasteiger charge is 2.19. The normalized spacial score (nSPS) is 12.2. The van der Waals surface area contributed by atoms with E-state index < -0.39 is 6.10 Å². The third-order valence-electron chi connectivity index (χ3n) is 13.3. The maximum Gasteiger partial charge on any atom is 0.306 e. The van der Waals surface area contributed by atoms with Crippen molar-refractivity contribution in [2.75, 3.05) is 13.2 Å². The Morgan fingerprint density at radius 3 is 0.735 bits per heavy atom. The number of ether oxygens (including phenoxy) is 3. The number of esters is 3. The van der Waals surface area contributed by atoms with E-state index in [0.717, 1.165) is 64.2 Å². The third-order valence-corrected chi connectivity index (χ3v) is 13.3. The molecule has 1 atom stereocenters. The van der Waals surface area contributed by atoms with Crippen LogP contribution in [0, 0.1) is 0 Å². The van der Waals surface area contributed by atoms with E-state index in [1.54, 1.807) is 0 Å². The first kappa shape index (κ1) is 65.6. The molecule has 0 spiro atoms. The first-order valence-corrected chi connectivity index (χ1v) is 30.0. The van der Waals surface area contributed by atoms with Crippen LogP contribution in [0.4, 0.5) is 0 Å². The maximum absolute atomic E-state index is 12.9. The Morgan fingerprint density at radius 1 is 0.279 bits per heavy atom. The summed E-state index contributed by atoms with van der Waals surface area (Å²) in [5, 5.41) is 0. The van der Waals surface area contributed by atoms with Crippen molar-refractivity contribution < 1.29 is 28.6 Å². The van der Waals surface area contributed by atoms with Crippen LogP contribution >= 0.6 is 0 Å². The number of allylic oxidation sites excluding steroid dienone is 6. The molecule has 0 aromatic rings. The van der Waals surface area contributed by atoms with Gasteiger partial charge in [-0.1, -0.05) is 243 Å². The second-order valence-electron chi connectivity index (χ2n) is 20.2. The second kappa shape index (κ2) is 57.2. The molecule has 0 saturated heterocycles. The van der Waals surface area contributed by atoms with Gasteiger partial charge in [0.15, 0.2) is 6.10 Å². The number of unbranched alkanes of at least 4 members (excludes halogenated alkanes) is 38. The molecule has 0 saturated carbocycles. The lowest BCUT2D eigenvalue weighted by molar-refractivity contribution is -0.167. The standard InChI is InChI=1S/C62H114O6/c1-4-7-10-13-16-19-22-25-28-30-32-34-37-40-43-46-49-52-55-61(64)67-58-59(57-66-60(63)54-51-48-45-42-39-36-33-27-24-21-18-15-12-9-6-3)68-62(65)56-53-50-47-44-41-38-35-31-29-26-23-20-17-14-11-8-5-2/h26-30,33,59H,4-25,31-32,34-58H2,1-3H3/b29-26-,30-28-,33-27-. The van der Waals surface area contributed by atoms with E-state index in [2.05, 4.69) is 57.2 Å². The quantitative estimate of drug-likeness (QED) is 0.0262. The lowest BCUT2D eigenvalue weighted by Crippen LogP contribution is -2.30. The van der Waals surface area contributed by atoms with Crippen LogP contribution in [0.3, 0.4) is 0 Å². The van der Waals surface area contributed by atoms with Gasteiger partial charge in [0.2, 0.25) is 0 Å². The monoisotopic (exact) mass is 955 g/mol. The number of carbonyl (C=O) groups is 3. The predicted octanol–water partition coefficient (Wildman–Crippen LogP) is 20.0. The number of carbonyl (C=O) groups excluding carboxylic acids is 3. The van der Waals surface area contributed by atoms with Crippen LogP contribution < -0.4 is 0 Å². The van der Waals surface area contributed by atoms with Gasteiger partial charge in [-0.2, -0.15) is 0 Å². The van der Waals surface area contributed by atoms with E-state index in [1.165, 1.54) is 218 Å². The van der Waals surface area contributed by atoms with Gasteiger partial charge in [0.25, 0.3) is 0 Å². The van der Waals surface area contributed by atoms with Crippen molar-refractivity contribution in [2.45, 2.75) is 329 Å². The van der Waals surface area contributed by atoms with Gasteiger partial charge >= 0.3 is 17.9 Å². The van der Waals surface area contributed by atoms with E-state index in [9.17, 15) is 14.4 Å². The van der Waals surface area contributed by atoms with Crippen molar-refractivity contribution >= 4 is 17.9 Å². The van der Waals surface area contributed by atoms with E-state index in [1.807, 2.05) is 0 Å². The minimum Gasteiger partial charge on any atom is -0.462 e. The van der Waals surface area contributed by atoms with Crippen molar-refractivity contribution in [3.05, 3.63) is 36.5 Å². The number of hydrogen-bond donors (Lipinski definition) is 0. The summed E-state index contributed by atoms with van der Waals surface area (Å²) in [5.41, 5.74) is 0. The summed E-state index contributed by atoms with van der Waals surface area (Å²) in [7, 11) is 0. The number of hydrogen-bond acceptors (Lipinski definition) is 6. The maximum atomic E-state index is 12.9. The molecule has 0 aliphatic rings. The van der Waals surface area contributed by atoms with Gasteiger partial charge in [0, 0.05) is 19.3 Å². The van der Waals surface area contributed by atoms with Gasteiger partial charge in [0.1, 0.15) is 13.2 Å². The topological polar surface area (TPSA) is 78.9 Å². The minimum absolute atomic E-state index is 0.0764. The Morgan fingerprint density at radius 2 is 0.485 bits per heavy atom. The summed E-state index contributed by atoms with van der Waals surface area (Å²) in [6.45, 7) is 6.66. The molecule has 0 aromatic carbocycles. The van der Waals surface area contributed by atoms with Crippen LogP contribution in [0.1, 0.15) is 323 Å². The minimum atomic E-state index is -0.778. The van der Waals surface area contributed by atoms with Crippen molar-refractivity contribution in [1.29, 1.82) is 0 Å². The van der Waals surface area contributed by atoms with E-state index in [0.29, 0.717) is 19.3 Å². The summed E-state index contributed by atoms with van der Waals surface area (Å²) in [5.74, 6) is -0.876. The Kier molecular flexibility index (Phi) is 55.2. The summed E-state index contributed by atoms with van der Waals surface area (Å²) < 4.78 is 16.9. The van der Waals surface area contributed by atoms with Gasteiger partial charge in [0.05, 0.1) is 0 Å². The van der Waals surface area contributed by atoms with Crippen molar-refractivity contribution in [3.8, 4) is 0 Å². The lowest BCUT2D eigenvalue weighted by Gasteiger charge is -2.18. The first-order valence-electron chi connectivity index (χ1n) is 30.0. The molecule has 1 unspecified atom stereocenters. The lowest BCUT2D eigenvalue weighted by atomic mass is 10.1. The molecule has 0 radical (unpaired) electrons. The summed E-state index contributed by atoms with van der Waals surface area (Å²) in [6.07, 6.45) is 68.5. The highest BCUT2D eigenvalue weighted by Crippen LogP contribution is 2.16. The average Bonchev–Trinajstić information content (AvgIpc) is 3.34. The van der Waals surface area contributed by atoms with Crippen LogP contribution in [0.15, 0.2) is 36.5 Å². The Labute approximate surface area is 423 Å². The predicted molar refractivity (Wildman–Crippen MR) is 293 cm³/mol. The smallest absolute Gasteiger partial charge is 0.306 e.